The zero-order chi connectivity index (χ0) is 20.5. The van der Waals surface area contributed by atoms with Gasteiger partial charge in [0, 0.05) is 21.1 Å². The Morgan fingerprint density at radius 1 is 1.17 bits per heavy atom. The van der Waals surface area contributed by atoms with Gasteiger partial charge in [0.15, 0.2) is 0 Å². The highest BCUT2D eigenvalue weighted by Gasteiger charge is 2.15. The van der Waals surface area contributed by atoms with E-state index in [4.69, 9.17) is 0 Å². The van der Waals surface area contributed by atoms with Crippen LogP contribution >= 0.6 is 27.3 Å². The number of hydrogen-bond acceptors (Lipinski definition) is 4. The molecule has 0 aliphatic heterocycles. The average Bonchev–Trinajstić information content (AvgIpc) is 3.12. The Hall–Kier alpha value is -2.77. The second-order valence-corrected chi connectivity index (χ2v) is 8.65. The third kappa shape index (κ3) is 4.02. The van der Waals surface area contributed by atoms with Crippen LogP contribution in [0, 0.1) is 13.8 Å². The fraction of sp³-hybridized carbons (Fsp3) is 0.136. The predicted octanol–water partition coefficient (Wildman–Crippen LogP) is 5.14. The molecule has 2 aromatic heterocycles. The van der Waals surface area contributed by atoms with Gasteiger partial charge >= 0.3 is 0 Å². The average molecular weight is 468 g/mol. The third-order valence-electron chi connectivity index (χ3n) is 4.69. The van der Waals surface area contributed by atoms with Crippen molar-refractivity contribution in [1.82, 2.24) is 9.55 Å². The summed E-state index contributed by atoms with van der Waals surface area (Å²) in [6.45, 7) is 3.85. The number of rotatable bonds is 4. The van der Waals surface area contributed by atoms with Gasteiger partial charge in [-0.2, -0.15) is 0 Å². The molecular formula is C22H18BrN3O2S. The smallest absolute Gasteiger partial charge is 0.263 e. The summed E-state index contributed by atoms with van der Waals surface area (Å²) in [7, 11) is 0. The SMILES string of the molecule is Cc1ccc(NC(=O)Cn2cnc3scc(-c4ccc(Br)cc4)c3c2=O)c(C)c1. The Kier molecular flexibility index (Phi) is 5.34. The number of amides is 1. The Morgan fingerprint density at radius 3 is 2.66 bits per heavy atom. The first-order chi connectivity index (χ1) is 13.9. The molecule has 146 valence electrons. The van der Waals surface area contributed by atoms with E-state index in [1.807, 2.05) is 61.7 Å². The summed E-state index contributed by atoms with van der Waals surface area (Å²) < 4.78 is 2.33. The fourth-order valence-electron chi connectivity index (χ4n) is 3.22. The van der Waals surface area contributed by atoms with Crippen molar-refractivity contribution in [3.63, 3.8) is 0 Å². The molecule has 0 spiro atoms. The minimum absolute atomic E-state index is 0.0925. The zero-order valence-electron chi connectivity index (χ0n) is 15.9. The van der Waals surface area contributed by atoms with Crippen LogP contribution in [0.1, 0.15) is 11.1 Å². The molecule has 1 amide bonds. The fourth-order valence-corrected chi connectivity index (χ4v) is 4.39. The first kappa shape index (κ1) is 19.5. The van der Waals surface area contributed by atoms with Crippen molar-refractivity contribution in [3.8, 4) is 11.1 Å². The lowest BCUT2D eigenvalue weighted by Crippen LogP contribution is -2.28. The van der Waals surface area contributed by atoms with Crippen LogP contribution in [0.4, 0.5) is 5.69 Å². The minimum Gasteiger partial charge on any atom is -0.324 e. The van der Waals surface area contributed by atoms with E-state index in [-0.39, 0.29) is 18.0 Å². The number of thiophene rings is 1. The lowest BCUT2D eigenvalue weighted by molar-refractivity contribution is -0.116. The standard InChI is InChI=1S/C22H18BrN3O2S/c1-13-3-8-18(14(2)9-13)25-19(27)10-26-12-24-21-20(22(26)28)17(11-29-21)15-4-6-16(23)7-5-15/h3-9,11-12H,10H2,1-2H3,(H,25,27). The highest BCUT2D eigenvalue weighted by Crippen LogP contribution is 2.31. The number of anilines is 1. The van der Waals surface area contributed by atoms with Crippen molar-refractivity contribution in [3.05, 3.63) is 80.1 Å². The summed E-state index contributed by atoms with van der Waals surface area (Å²) >= 11 is 4.85. The molecule has 0 unspecified atom stereocenters. The molecule has 5 nitrogen and oxygen atoms in total. The molecule has 29 heavy (non-hydrogen) atoms. The van der Waals surface area contributed by atoms with Crippen LogP contribution in [0.15, 0.2) is 63.4 Å². The highest BCUT2D eigenvalue weighted by atomic mass is 79.9. The van der Waals surface area contributed by atoms with Gasteiger partial charge in [0.1, 0.15) is 11.4 Å². The Balaban J connectivity index is 1.65. The van der Waals surface area contributed by atoms with Crippen LogP contribution in [0.3, 0.4) is 0 Å². The maximum Gasteiger partial charge on any atom is 0.263 e. The summed E-state index contributed by atoms with van der Waals surface area (Å²) in [5.74, 6) is -0.263. The summed E-state index contributed by atoms with van der Waals surface area (Å²) in [4.78, 5) is 30.7. The largest absolute Gasteiger partial charge is 0.324 e. The molecule has 2 aromatic carbocycles. The van der Waals surface area contributed by atoms with Gasteiger partial charge < -0.3 is 5.32 Å². The molecule has 0 radical (unpaired) electrons. The second-order valence-electron chi connectivity index (χ2n) is 6.88. The first-order valence-electron chi connectivity index (χ1n) is 9.02. The van der Waals surface area contributed by atoms with Crippen molar-refractivity contribution >= 4 is 49.1 Å². The van der Waals surface area contributed by atoms with Crippen molar-refractivity contribution in [2.75, 3.05) is 5.32 Å². The second kappa shape index (κ2) is 7.93. The highest BCUT2D eigenvalue weighted by molar-refractivity contribution is 9.10. The number of carbonyl (C=O) groups excluding carboxylic acids is 1. The van der Waals surface area contributed by atoms with E-state index < -0.39 is 0 Å². The van der Waals surface area contributed by atoms with Crippen LogP contribution in [-0.2, 0) is 11.3 Å². The molecule has 0 saturated carbocycles. The van der Waals surface area contributed by atoms with E-state index in [9.17, 15) is 9.59 Å². The van der Waals surface area contributed by atoms with E-state index in [1.54, 1.807) is 0 Å². The summed E-state index contributed by atoms with van der Waals surface area (Å²) in [5, 5.41) is 5.35. The third-order valence-corrected chi connectivity index (χ3v) is 6.10. The molecular weight excluding hydrogens is 450 g/mol. The lowest BCUT2D eigenvalue weighted by Gasteiger charge is -2.10. The maximum atomic E-state index is 13.1. The van der Waals surface area contributed by atoms with Gasteiger partial charge in [-0.3, -0.25) is 14.2 Å². The molecule has 1 N–H and O–H groups in total. The topological polar surface area (TPSA) is 64.0 Å². The van der Waals surface area contributed by atoms with Crippen molar-refractivity contribution in [2.24, 2.45) is 0 Å². The zero-order valence-corrected chi connectivity index (χ0v) is 18.3. The molecule has 4 rings (SSSR count). The van der Waals surface area contributed by atoms with Gasteiger partial charge in [-0.25, -0.2) is 4.98 Å². The number of nitrogens with zero attached hydrogens (tertiary/aromatic N) is 2. The first-order valence-corrected chi connectivity index (χ1v) is 10.7. The molecule has 0 aliphatic carbocycles. The molecule has 0 bridgehead atoms. The molecule has 0 saturated heterocycles. The minimum atomic E-state index is -0.263. The van der Waals surface area contributed by atoms with Gasteiger partial charge in [-0.1, -0.05) is 45.8 Å². The monoisotopic (exact) mass is 467 g/mol. The molecule has 0 aliphatic rings. The van der Waals surface area contributed by atoms with Gasteiger partial charge in [0.05, 0.1) is 11.7 Å². The summed E-state index contributed by atoms with van der Waals surface area (Å²) in [5.41, 5.74) is 4.41. The molecule has 0 fully saturated rings. The number of benzene rings is 2. The Labute approximate surface area is 180 Å². The normalized spacial score (nSPS) is 11.0. The van der Waals surface area contributed by atoms with Crippen LogP contribution < -0.4 is 10.9 Å². The predicted molar refractivity (Wildman–Crippen MR) is 122 cm³/mol. The van der Waals surface area contributed by atoms with Crippen LogP contribution in [0.2, 0.25) is 0 Å². The molecule has 2 heterocycles. The number of hydrogen-bond donors (Lipinski definition) is 1. The van der Waals surface area contributed by atoms with E-state index in [1.165, 1.54) is 22.2 Å². The number of aryl methyl sites for hydroxylation is 2. The summed E-state index contributed by atoms with van der Waals surface area (Å²) in [6, 6.07) is 13.6. The Bertz CT molecular complexity index is 1280. The summed E-state index contributed by atoms with van der Waals surface area (Å²) in [6.07, 6.45) is 1.44. The van der Waals surface area contributed by atoms with Crippen molar-refractivity contribution < 1.29 is 4.79 Å². The number of aromatic nitrogens is 2. The van der Waals surface area contributed by atoms with Crippen LogP contribution in [0.25, 0.3) is 21.3 Å². The van der Waals surface area contributed by atoms with Crippen LogP contribution in [0.5, 0.6) is 0 Å². The lowest BCUT2D eigenvalue weighted by atomic mass is 10.1. The van der Waals surface area contributed by atoms with Gasteiger partial charge in [-0.15, -0.1) is 11.3 Å². The van der Waals surface area contributed by atoms with E-state index >= 15 is 0 Å². The molecule has 7 heteroatoms. The van der Waals surface area contributed by atoms with E-state index in [0.29, 0.717) is 10.2 Å². The van der Waals surface area contributed by atoms with E-state index in [0.717, 1.165) is 32.4 Å². The maximum absolute atomic E-state index is 13.1. The van der Waals surface area contributed by atoms with Gasteiger partial charge in [0.25, 0.3) is 5.56 Å². The number of halogens is 1. The van der Waals surface area contributed by atoms with E-state index in [2.05, 4.69) is 26.2 Å². The van der Waals surface area contributed by atoms with Crippen molar-refractivity contribution in [2.45, 2.75) is 20.4 Å². The van der Waals surface area contributed by atoms with Gasteiger partial charge in [0.2, 0.25) is 5.91 Å². The molecule has 4 aromatic rings. The van der Waals surface area contributed by atoms with Crippen molar-refractivity contribution in [1.29, 1.82) is 0 Å². The number of carbonyl (C=O) groups is 1. The number of nitrogens with one attached hydrogen (secondary N) is 1. The quantitative estimate of drug-likeness (QED) is 0.451. The Morgan fingerprint density at radius 2 is 1.93 bits per heavy atom. The number of fused-ring (bicyclic) bond motifs is 1. The van der Waals surface area contributed by atoms with Crippen LogP contribution in [-0.4, -0.2) is 15.5 Å². The molecule has 0 atom stereocenters. The van der Waals surface area contributed by atoms with Gasteiger partial charge in [-0.05, 0) is 43.2 Å².